The van der Waals surface area contributed by atoms with E-state index in [9.17, 15) is 4.79 Å². The Balaban J connectivity index is 1.38. The van der Waals surface area contributed by atoms with Gasteiger partial charge in [0.2, 0.25) is 0 Å². The minimum Gasteiger partial charge on any atom is -0.453 e. The van der Waals surface area contributed by atoms with E-state index in [-0.39, 0.29) is 18.0 Å². The molecule has 6 nitrogen and oxygen atoms in total. The summed E-state index contributed by atoms with van der Waals surface area (Å²) in [6.45, 7) is 0. The molecule has 0 aromatic carbocycles. The molecule has 2 N–H and O–H groups in total. The number of nitrogens with one attached hydrogen (secondary N) is 2. The molecule has 0 radical (unpaired) electrons. The molecular weight excluding hydrogens is 334 g/mol. The molecule has 2 aromatic rings. The highest BCUT2D eigenvalue weighted by Crippen LogP contribution is 2.35. The SMILES string of the molecule is COc1ncc(Sc2ccc(C(=O)NC3CC4CCC3N4)s2)o1. The molecule has 3 unspecified atom stereocenters. The predicted octanol–water partition coefficient (Wildman–Crippen LogP) is 2.52. The first-order valence-corrected chi connectivity index (χ1v) is 9.19. The molecule has 2 aromatic heterocycles. The first-order chi connectivity index (χ1) is 11.2. The number of carbonyl (C=O) groups is 1. The maximum atomic E-state index is 12.4. The van der Waals surface area contributed by atoms with Gasteiger partial charge in [-0.3, -0.25) is 4.79 Å². The summed E-state index contributed by atoms with van der Waals surface area (Å²) in [6, 6.07) is 5.08. The maximum absolute atomic E-state index is 12.4. The van der Waals surface area contributed by atoms with Crippen molar-refractivity contribution in [2.75, 3.05) is 7.11 Å². The van der Waals surface area contributed by atoms with Gasteiger partial charge in [-0.15, -0.1) is 11.3 Å². The van der Waals surface area contributed by atoms with Crippen LogP contribution in [-0.2, 0) is 0 Å². The van der Waals surface area contributed by atoms with Gasteiger partial charge in [0.15, 0.2) is 5.09 Å². The minimum atomic E-state index is 0.0105. The Labute approximate surface area is 142 Å². The summed E-state index contributed by atoms with van der Waals surface area (Å²) in [5, 5.41) is 7.34. The second-order valence-corrected chi connectivity index (χ2v) is 8.12. The minimum absolute atomic E-state index is 0.0105. The number of amides is 1. The Hall–Kier alpha value is -1.51. The lowest BCUT2D eigenvalue weighted by atomic mass is 9.95. The molecule has 0 aliphatic carbocycles. The number of oxazole rings is 1. The van der Waals surface area contributed by atoms with Gasteiger partial charge in [0.1, 0.15) is 0 Å². The Morgan fingerprint density at radius 1 is 1.52 bits per heavy atom. The molecule has 1 amide bonds. The number of aromatic nitrogens is 1. The Morgan fingerprint density at radius 2 is 2.43 bits per heavy atom. The number of hydrogen-bond donors (Lipinski definition) is 2. The molecule has 23 heavy (non-hydrogen) atoms. The summed E-state index contributed by atoms with van der Waals surface area (Å²) in [5.41, 5.74) is 0. The largest absolute Gasteiger partial charge is 0.453 e. The molecule has 3 atom stereocenters. The highest BCUT2D eigenvalue weighted by atomic mass is 32.2. The van der Waals surface area contributed by atoms with Crippen LogP contribution in [-0.4, -0.2) is 36.1 Å². The maximum Gasteiger partial charge on any atom is 0.394 e. The third-order valence-electron chi connectivity index (χ3n) is 4.26. The van der Waals surface area contributed by atoms with Crippen molar-refractivity contribution in [3.8, 4) is 6.08 Å². The van der Waals surface area contributed by atoms with E-state index in [2.05, 4.69) is 15.6 Å². The monoisotopic (exact) mass is 351 g/mol. The zero-order valence-corrected chi connectivity index (χ0v) is 14.2. The van der Waals surface area contributed by atoms with Crippen LogP contribution in [0.2, 0.25) is 0 Å². The molecule has 4 rings (SSSR count). The van der Waals surface area contributed by atoms with Gasteiger partial charge in [-0.25, -0.2) is 0 Å². The van der Waals surface area contributed by atoms with Gasteiger partial charge < -0.3 is 19.8 Å². The van der Waals surface area contributed by atoms with E-state index in [1.165, 1.54) is 36.6 Å². The van der Waals surface area contributed by atoms with E-state index in [1.54, 1.807) is 6.20 Å². The third-order valence-corrected chi connectivity index (χ3v) is 6.37. The number of methoxy groups -OCH3 is 1. The normalized spacial score (nSPS) is 25.7. The summed E-state index contributed by atoms with van der Waals surface area (Å²) in [4.78, 5) is 17.1. The summed E-state index contributed by atoms with van der Waals surface area (Å²) >= 11 is 2.89. The molecule has 0 saturated carbocycles. The van der Waals surface area contributed by atoms with Crippen LogP contribution in [0.4, 0.5) is 0 Å². The molecule has 2 saturated heterocycles. The van der Waals surface area contributed by atoms with Gasteiger partial charge in [-0.2, -0.15) is 4.98 Å². The van der Waals surface area contributed by atoms with E-state index in [0.717, 1.165) is 21.9 Å². The number of carbonyl (C=O) groups excluding carboxylic acids is 1. The van der Waals surface area contributed by atoms with Crippen LogP contribution in [0.5, 0.6) is 6.08 Å². The molecule has 2 aliphatic rings. The standard InChI is InChI=1S/C15H17N3O3S2/c1-20-15-16-7-12(21-15)23-13-5-4-11(22-13)14(19)18-10-6-8-2-3-9(10)17-8/h4-5,7-10,17H,2-3,6H2,1H3,(H,18,19). The zero-order valence-electron chi connectivity index (χ0n) is 12.6. The number of nitrogens with zero attached hydrogens (tertiary/aromatic N) is 1. The van der Waals surface area contributed by atoms with Crippen molar-refractivity contribution < 1.29 is 13.9 Å². The lowest BCUT2D eigenvalue weighted by Crippen LogP contribution is -2.42. The van der Waals surface area contributed by atoms with Crippen LogP contribution in [0, 0.1) is 0 Å². The summed E-state index contributed by atoms with van der Waals surface area (Å²) in [6.07, 6.45) is 5.29. The van der Waals surface area contributed by atoms with Gasteiger partial charge in [-0.05, 0) is 43.2 Å². The van der Waals surface area contributed by atoms with Gasteiger partial charge in [0.25, 0.3) is 5.91 Å². The first kappa shape index (κ1) is 15.0. The van der Waals surface area contributed by atoms with Crippen molar-refractivity contribution in [1.82, 2.24) is 15.6 Å². The van der Waals surface area contributed by atoms with E-state index in [1.807, 2.05) is 12.1 Å². The van der Waals surface area contributed by atoms with Gasteiger partial charge in [0.05, 0.1) is 22.4 Å². The summed E-state index contributed by atoms with van der Waals surface area (Å²) < 4.78 is 11.3. The lowest BCUT2D eigenvalue weighted by molar-refractivity contribution is 0.0935. The number of hydrogen-bond acceptors (Lipinski definition) is 7. The molecule has 2 fully saturated rings. The fourth-order valence-electron chi connectivity index (χ4n) is 3.21. The Bertz CT molecular complexity index is 714. The van der Waals surface area contributed by atoms with Crippen molar-refractivity contribution >= 4 is 29.0 Å². The highest BCUT2D eigenvalue weighted by molar-refractivity contribution is 8.01. The summed E-state index contributed by atoms with van der Waals surface area (Å²) in [5.74, 6) is 0.0105. The van der Waals surface area contributed by atoms with Crippen molar-refractivity contribution in [3.05, 3.63) is 23.2 Å². The van der Waals surface area contributed by atoms with E-state index < -0.39 is 0 Å². The topological polar surface area (TPSA) is 76.4 Å². The number of fused-ring (bicyclic) bond motifs is 2. The molecule has 8 heteroatoms. The predicted molar refractivity (Wildman–Crippen MR) is 87.3 cm³/mol. The van der Waals surface area contributed by atoms with Crippen molar-refractivity contribution in [3.63, 3.8) is 0 Å². The second-order valence-electron chi connectivity index (χ2n) is 5.73. The van der Waals surface area contributed by atoms with Crippen LogP contribution in [0.1, 0.15) is 28.9 Å². The van der Waals surface area contributed by atoms with Crippen molar-refractivity contribution in [2.24, 2.45) is 0 Å². The number of rotatable bonds is 5. The van der Waals surface area contributed by atoms with Crippen LogP contribution < -0.4 is 15.4 Å². The fourth-order valence-corrected chi connectivity index (χ4v) is 5.08. The highest BCUT2D eigenvalue weighted by Gasteiger charge is 2.39. The van der Waals surface area contributed by atoms with Crippen LogP contribution in [0.3, 0.4) is 0 Å². The fraction of sp³-hybridized carbons (Fsp3) is 0.467. The van der Waals surface area contributed by atoms with Gasteiger partial charge in [0, 0.05) is 18.1 Å². The van der Waals surface area contributed by atoms with Crippen LogP contribution >= 0.6 is 23.1 Å². The smallest absolute Gasteiger partial charge is 0.394 e. The van der Waals surface area contributed by atoms with Crippen molar-refractivity contribution in [2.45, 2.75) is 46.7 Å². The second kappa shape index (κ2) is 6.18. The molecule has 2 aliphatic heterocycles. The van der Waals surface area contributed by atoms with E-state index in [0.29, 0.717) is 17.2 Å². The molecular formula is C15H17N3O3S2. The average molecular weight is 351 g/mol. The molecule has 0 spiro atoms. The van der Waals surface area contributed by atoms with Crippen LogP contribution in [0.25, 0.3) is 0 Å². The first-order valence-electron chi connectivity index (χ1n) is 7.55. The third kappa shape index (κ3) is 3.11. The lowest BCUT2D eigenvalue weighted by Gasteiger charge is -2.20. The van der Waals surface area contributed by atoms with Crippen LogP contribution in [0.15, 0.2) is 32.0 Å². The van der Waals surface area contributed by atoms with Gasteiger partial charge in [-0.1, -0.05) is 0 Å². The van der Waals surface area contributed by atoms with E-state index in [4.69, 9.17) is 9.15 Å². The Morgan fingerprint density at radius 3 is 3.13 bits per heavy atom. The number of ether oxygens (including phenoxy) is 1. The quantitative estimate of drug-likeness (QED) is 0.862. The average Bonchev–Trinajstić information content (AvgIpc) is 3.32. The molecule has 2 bridgehead atoms. The van der Waals surface area contributed by atoms with Gasteiger partial charge >= 0.3 is 6.08 Å². The number of thiophene rings is 1. The summed E-state index contributed by atoms with van der Waals surface area (Å²) in [7, 11) is 1.51. The van der Waals surface area contributed by atoms with Crippen molar-refractivity contribution in [1.29, 1.82) is 0 Å². The Kier molecular flexibility index (Phi) is 4.04. The molecule has 4 heterocycles. The zero-order chi connectivity index (χ0) is 15.8. The van der Waals surface area contributed by atoms with E-state index >= 15 is 0 Å². The molecule has 122 valence electrons.